The number of nitrogens with zero attached hydrogens (tertiary/aromatic N) is 2. The Hall–Kier alpha value is -3.03. The van der Waals surface area contributed by atoms with E-state index in [9.17, 15) is 18.8 Å². The largest absolute Gasteiger partial charge is 0.469 e. The van der Waals surface area contributed by atoms with E-state index in [1.165, 1.54) is 50.6 Å². The molecule has 0 fully saturated rings. The van der Waals surface area contributed by atoms with E-state index in [-0.39, 0.29) is 17.7 Å². The summed E-state index contributed by atoms with van der Waals surface area (Å²) in [5.41, 5.74) is 0.213. The molecule has 1 N–H and O–H groups in total. The van der Waals surface area contributed by atoms with Crippen LogP contribution in [0.2, 0.25) is 0 Å². The smallest absolute Gasteiger partial charge is 0.307 e. The molecule has 1 aromatic heterocycles. The zero-order valence-corrected chi connectivity index (χ0v) is 13.2. The van der Waals surface area contributed by atoms with Gasteiger partial charge in [-0.3, -0.25) is 14.4 Å². The second-order valence-electron chi connectivity index (χ2n) is 5.04. The third kappa shape index (κ3) is 4.25. The number of amides is 1. The number of methoxy groups -OCH3 is 1. The van der Waals surface area contributed by atoms with Crippen LogP contribution in [0.1, 0.15) is 28.5 Å². The van der Waals surface area contributed by atoms with Crippen LogP contribution in [0.4, 0.5) is 4.39 Å². The standard InChI is InChI=1S/C16H16FN3O4/c1-20-14(21)8-7-12(19-20)16(23)18-13(9-15(22)24-2)10-3-5-11(17)6-4-10/h3-8,13H,9H2,1-2H3,(H,18,23). The minimum atomic E-state index is -0.718. The lowest BCUT2D eigenvalue weighted by Crippen LogP contribution is -2.32. The average Bonchev–Trinajstić information content (AvgIpc) is 2.57. The van der Waals surface area contributed by atoms with Crippen LogP contribution < -0.4 is 10.9 Å². The van der Waals surface area contributed by atoms with E-state index in [4.69, 9.17) is 0 Å². The molecular formula is C16H16FN3O4. The van der Waals surface area contributed by atoms with Crippen LogP contribution in [-0.4, -0.2) is 28.8 Å². The van der Waals surface area contributed by atoms with Gasteiger partial charge in [0.15, 0.2) is 0 Å². The van der Waals surface area contributed by atoms with Crippen molar-refractivity contribution >= 4 is 11.9 Å². The molecule has 1 aromatic carbocycles. The lowest BCUT2D eigenvalue weighted by molar-refractivity contribution is -0.141. The number of aryl methyl sites for hydroxylation is 1. The lowest BCUT2D eigenvalue weighted by Gasteiger charge is -2.18. The molecule has 0 spiro atoms. The third-order valence-corrected chi connectivity index (χ3v) is 3.37. The average molecular weight is 333 g/mol. The molecule has 8 heteroatoms. The van der Waals surface area contributed by atoms with Gasteiger partial charge in [-0.2, -0.15) is 5.10 Å². The van der Waals surface area contributed by atoms with Gasteiger partial charge in [0.2, 0.25) is 0 Å². The molecule has 0 saturated carbocycles. The first-order chi connectivity index (χ1) is 11.4. The van der Waals surface area contributed by atoms with Crippen LogP contribution in [0.25, 0.3) is 0 Å². The monoisotopic (exact) mass is 333 g/mol. The Morgan fingerprint density at radius 3 is 2.50 bits per heavy atom. The van der Waals surface area contributed by atoms with Crippen LogP contribution in [-0.2, 0) is 16.6 Å². The number of carbonyl (C=O) groups is 2. The van der Waals surface area contributed by atoms with Crippen LogP contribution in [0.5, 0.6) is 0 Å². The maximum atomic E-state index is 13.1. The van der Waals surface area contributed by atoms with E-state index in [2.05, 4.69) is 15.2 Å². The molecule has 0 aliphatic heterocycles. The van der Waals surface area contributed by atoms with Crippen LogP contribution in [0.3, 0.4) is 0 Å². The number of rotatable bonds is 5. The molecule has 7 nitrogen and oxygen atoms in total. The molecule has 0 aliphatic rings. The van der Waals surface area contributed by atoms with E-state index in [1.54, 1.807) is 0 Å². The van der Waals surface area contributed by atoms with Gasteiger partial charge in [-0.05, 0) is 23.8 Å². The molecule has 1 unspecified atom stereocenters. The van der Waals surface area contributed by atoms with Crippen molar-refractivity contribution in [1.29, 1.82) is 0 Å². The number of aromatic nitrogens is 2. The molecule has 0 bridgehead atoms. The summed E-state index contributed by atoms with van der Waals surface area (Å²) >= 11 is 0. The Morgan fingerprint density at radius 2 is 1.92 bits per heavy atom. The summed E-state index contributed by atoms with van der Waals surface area (Å²) in [5, 5.41) is 6.49. The van der Waals surface area contributed by atoms with Gasteiger partial charge in [-0.15, -0.1) is 0 Å². The molecule has 1 atom stereocenters. The van der Waals surface area contributed by atoms with Gasteiger partial charge in [0.25, 0.3) is 11.5 Å². The molecule has 0 radical (unpaired) electrons. The first kappa shape index (κ1) is 17.3. The molecule has 1 amide bonds. The maximum Gasteiger partial charge on any atom is 0.307 e. The van der Waals surface area contributed by atoms with E-state index in [0.717, 1.165) is 4.68 Å². The van der Waals surface area contributed by atoms with Crippen molar-refractivity contribution in [3.8, 4) is 0 Å². The highest BCUT2D eigenvalue weighted by Gasteiger charge is 2.20. The zero-order chi connectivity index (χ0) is 17.7. The van der Waals surface area contributed by atoms with Crippen LogP contribution >= 0.6 is 0 Å². The van der Waals surface area contributed by atoms with Gasteiger partial charge in [-0.1, -0.05) is 12.1 Å². The topological polar surface area (TPSA) is 90.3 Å². The fraction of sp³-hybridized carbons (Fsp3) is 0.250. The number of carbonyl (C=O) groups excluding carboxylic acids is 2. The number of hydrogen-bond donors (Lipinski definition) is 1. The second kappa shape index (κ2) is 7.49. The molecular weight excluding hydrogens is 317 g/mol. The molecule has 1 heterocycles. The van der Waals surface area contributed by atoms with Gasteiger partial charge in [0.1, 0.15) is 11.5 Å². The second-order valence-corrected chi connectivity index (χ2v) is 5.04. The summed E-state index contributed by atoms with van der Waals surface area (Å²) in [6, 6.07) is 7.19. The van der Waals surface area contributed by atoms with Gasteiger partial charge < -0.3 is 10.1 Å². The Morgan fingerprint density at radius 1 is 1.25 bits per heavy atom. The van der Waals surface area contributed by atoms with Crippen molar-refractivity contribution in [2.45, 2.75) is 12.5 Å². The Kier molecular flexibility index (Phi) is 5.41. The number of ether oxygens (including phenoxy) is 1. The van der Waals surface area contributed by atoms with Crippen LogP contribution in [0.15, 0.2) is 41.2 Å². The van der Waals surface area contributed by atoms with Gasteiger partial charge in [-0.25, -0.2) is 9.07 Å². The minimum absolute atomic E-state index is 0.0223. The molecule has 24 heavy (non-hydrogen) atoms. The summed E-state index contributed by atoms with van der Waals surface area (Å²) in [4.78, 5) is 35.2. The SMILES string of the molecule is COC(=O)CC(NC(=O)c1ccc(=O)n(C)n1)c1ccc(F)cc1. The van der Waals surface area contributed by atoms with Crippen molar-refractivity contribution in [2.24, 2.45) is 7.05 Å². The minimum Gasteiger partial charge on any atom is -0.469 e. The van der Waals surface area contributed by atoms with Crippen LogP contribution in [0, 0.1) is 5.82 Å². The van der Waals surface area contributed by atoms with Crippen molar-refractivity contribution in [1.82, 2.24) is 15.1 Å². The number of esters is 1. The van der Waals surface area contributed by atoms with Gasteiger partial charge >= 0.3 is 5.97 Å². The third-order valence-electron chi connectivity index (χ3n) is 3.37. The van der Waals surface area contributed by atoms with Gasteiger partial charge in [0.05, 0.1) is 19.6 Å². The summed E-state index contributed by atoms with van der Waals surface area (Å²) in [5.74, 6) is -1.52. The fourth-order valence-corrected chi connectivity index (χ4v) is 2.05. The summed E-state index contributed by atoms with van der Waals surface area (Å²) in [6.45, 7) is 0. The molecule has 2 aromatic rings. The Labute approximate surface area is 137 Å². The number of halogens is 1. The van der Waals surface area contributed by atoms with E-state index in [0.29, 0.717) is 5.56 Å². The van der Waals surface area contributed by atoms with E-state index >= 15 is 0 Å². The summed E-state index contributed by atoms with van der Waals surface area (Å²) < 4.78 is 18.7. The van der Waals surface area contributed by atoms with Crippen molar-refractivity contribution in [3.63, 3.8) is 0 Å². The number of benzene rings is 1. The number of hydrogen-bond acceptors (Lipinski definition) is 5. The highest BCUT2D eigenvalue weighted by Crippen LogP contribution is 2.18. The Balaban J connectivity index is 2.24. The lowest BCUT2D eigenvalue weighted by atomic mass is 10.0. The fourth-order valence-electron chi connectivity index (χ4n) is 2.05. The maximum absolute atomic E-state index is 13.1. The summed E-state index contributed by atoms with van der Waals surface area (Å²) in [6.07, 6.45) is -0.125. The Bertz CT molecular complexity index is 802. The van der Waals surface area contributed by atoms with Crippen molar-refractivity contribution < 1.29 is 18.7 Å². The summed E-state index contributed by atoms with van der Waals surface area (Å²) in [7, 11) is 2.66. The highest BCUT2D eigenvalue weighted by molar-refractivity contribution is 5.92. The van der Waals surface area contributed by atoms with Crippen molar-refractivity contribution in [2.75, 3.05) is 7.11 Å². The molecule has 126 valence electrons. The van der Waals surface area contributed by atoms with Crippen molar-refractivity contribution in [3.05, 3.63) is 63.8 Å². The van der Waals surface area contributed by atoms with Gasteiger partial charge in [0, 0.05) is 13.1 Å². The van der Waals surface area contributed by atoms with E-state index < -0.39 is 23.7 Å². The zero-order valence-electron chi connectivity index (χ0n) is 13.2. The van der Waals surface area contributed by atoms with E-state index in [1.807, 2.05) is 0 Å². The number of nitrogens with one attached hydrogen (secondary N) is 1. The normalized spacial score (nSPS) is 11.6. The molecule has 2 rings (SSSR count). The molecule has 0 saturated heterocycles. The predicted octanol–water partition coefficient (Wildman–Crippen LogP) is 0.954. The highest BCUT2D eigenvalue weighted by atomic mass is 19.1. The quantitative estimate of drug-likeness (QED) is 0.823. The predicted molar refractivity (Wildman–Crippen MR) is 82.7 cm³/mol. The first-order valence-corrected chi connectivity index (χ1v) is 7.08. The molecule has 0 aliphatic carbocycles. The first-order valence-electron chi connectivity index (χ1n) is 7.08.